The van der Waals surface area contributed by atoms with Gasteiger partial charge in [-0.15, -0.1) is 22.7 Å². The first-order valence-corrected chi connectivity index (χ1v) is 12.1. The highest BCUT2D eigenvalue weighted by molar-refractivity contribution is 7.91. The Hall–Kier alpha value is -1.42. The van der Waals surface area contributed by atoms with Crippen molar-refractivity contribution in [3.05, 3.63) is 38.9 Å². The van der Waals surface area contributed by atoms with Crippen LogP contribution in [0, 0.1) is 6.92 Å². The number of hydrogen-bond acceptors (Lipinski definition) is 5. The molecule has 1 fully saturated rings. The fraction of sp³-hybridized carbons (Fsp3) is 0.500. The molecule has 3 heterocycles. The van der Waals surface area contributed by atoms with Gasteiger partial charge < -0.3 is 10.6 Å². The Bertz CT molecular complexity index is 880. The zero-order valence-corrected chi connectivity index (χ0v) is 18.1. The quantitative estimate of drug-likeness (QED) is 0.550. The molecule has 2 aromatic heterocycles. The van der Waals surface area contributed by atoms with Gasteiger partial charge in [-0.2, -0.15) is 4.31 Å². The number of sulfonamides is 1. The number of aryl methyl sites for hydroxylation is 1. The number of nitrogens with zero attached hydrogens (tertiary/aromatic N) is 2. The Morgan fingerprint density at radius 2 is 1.67 bits per heavy atom. The second-order valence-corrected chi connectivity index (χ2v) is 11.2. The van der Waals surface area contributed by atoms with Crippen LogP contribution in [0.25, 0.3) is 0 Å². The Labute approximate surface area is 169 Å². The second kappa shape index (κ2) is 9.18. The molecule has 0 spiro atoms. The van der Waals surface area contributed by atoms with Gasteiger partial charge in [0.1, 0.15) is 4.21 Å². The van der Waals surface area contributed by atoms with Gasteiger partial charge in [-0.3, -0.25) is 4.99 Å². The highest BCUT2D eigenvalue weighted by atomic mass is 32.2. The van der Waals surface area contributed by atoms with Crippen molar-refractivity contribution < 1.29 is 8.42 Å². The SMILES string of the molecule is CN=C(NCc1ccc(C)s1)NCc1ccc(S(=O)(=O)N2CCCCC2)s1. The summed E-state index contributed by atoms with van der Waals surface area (Å²) in [5.74, 6) is 0.704. The van der Waals surface area contributed by atoms with Crippen LogP contribution in [0.2, 0.25) is 0 Å². The third-order valence-corrected chi connectivity index (χ3v) is 8.88. The average Bonchev–Trinajstić information content (AvgIpc) is 3.32. The van der Waals surface area contributed by atoms with Crippen molar-refractivity contribution in [2.75, 3.05) is 20.1 Å². The molecule has 2 aromatic rings. The molecule has 0 amide bonds. The van der Waals surface area contributed by atoms with Crippen molar-refractivity contribution in [1.29, 1.82) is 0 Å². The van der Waals surface area contributed by atoms with Crippen LogP contribution in [-0.4, -0.2) is 38.8 Å². The number of piperidine rings is 1. The third-order valence-electron chi connectivity index (χ3n) is 4.43. The summed E-state index contributed by atoms with van der Waals surface area (Å²) in [6, 6.07) is 7.81. The molecular weight excluding hydrogens is 400 g/mol. The Kier molecular flexibility index (Phi) is 6.91. The van der Waals surface area contributed by atoms with Gasteiger partial charge in [0.2, 0.25) is 0 Å². The molecule has 2 N–H and O–H groups in total. The first-order valence-electron chi connectivity index (χ1n) is 9.08. The van der Waals surface area contributed by atoms with Crippen molar-refractivity contribution in [1.82, 2.24) is 14.9 Å². The van der Waals surface area contributed by atoms with E-state index >= 15 is 0 Å². The van der Waals surface area contributed by atoms with Crippen LogP contribution < -0.4 is 10.6 Å². The maximum absolute atomic E-state index is 12.7. The van der Waals surface area contributed by atoms with Gasteiger partial charge in [-0.25, -0.2) is 8.42 Å². The fourth-order valence-electron chi connectivity index (χ4n) is 2.97. The summed E-state index contributed by atoms with van der Waals surface area (Å²) in [6.07, 6.45) is 3.01. The number of thiophene rings is 2. The first kappa shape index (κ1) is 20.3. The van der Waals surface area contributed by atoms with E-state index in [9.17, 15) is 8.42 Å². The molecule has 0 radical (unpaired) electrons. The van der Waals surface area contributed by atoms with E-state index in [1.807, 2.05) is 6.07 Å². The first-order chi connectivity index (χ1) is 13.0. The summed E-state index contributed by atoms with van der Waals surface area (Å²) in [5, 5.41) is 6.54. The van der Waals surface area contributed by atoms with E-state index in [4.69, 9.17) is 0 Å². The van der Waals surface area contributed by atoms with Gasteiger partial charge in [0.15, 0.2) is 5.96 Å². The monoisotopic (exact) mass is 426 g/mol. The minimum atomic E-state index is -3.35. The van der Waals surface area contributed by atoms with Crippen molar-refractivity contribution in [3.8, 4) is 0 Å². The molecule has 27 heavy (non-hydrogen) atoms. The third kappa shape index (κ3) is 5.31. The lowest BCUT2D eigenvalue weighted by atomic mass is 10.2. The normalized spacial score (nSPS) is 16.4. The van der Waals surface area contributed by atoms with Crippen molar-refractivity contribution >= 4 is 38.7 Å². The van der Waals surface area contributed by atoms with Gasteiger partial charge >= 0.3 is 0 Å². The van der Waals surface area contributed by atoms with E-state index in [2.05, 4.69) is 34.7 Å². The number of guanidine groups is 1. The molecule has 1 aliphatic heterocycles. The zero-order chi connectivity index (χ0) is 19.3. The number of aliphatic imine (C=N–C) groups is 1. The van der Waals surface area contributed by atoms with Crippen LogP contribution in [0.3, 0.4) is 0 Å². The average molecular weight is 427 g/mol. The molecule has 3 rings (SSSR count). The van der Waals surface area contributed by atoms with E-state index in [0.717, 1.165) is 30.7 Å². The standard InChI is InChI=1S/C18H26N4O2S3/c1-14-6-7-15(25-14)12-20-18(19-2)21-13-16-8-9-17(26-16)27(23,24)22-10-4-3-5-11-22/h6-9H,3-5,10-13H2,1-2H3,(H2,19,20,21). The maximum Gasteiger partial charge on any atom is 0.252 e. The van der Waals surface area contributed by atoms with Gasteiger partial charge in [0.05, 0.1) is 13.1 Å². The smallest absolute Gasteiger partial charge is 0.252 e. The summed E-state index contributed by atoms with van der Waals surface area (Å²) in [6.45, 7) is 4.62. The van der Waals surface area contributed by atoms with Gasteiger partial charge in [-0.1, -0.05) is 6.42 Å². The molecule has 0 atom stereocenters. The van der Waals surface area contributed by atoms with Crippen LogP contribution in [0.15, 0.2) is 33.5 Å². The Morgan fingerprint density at radius 1 is 1.04 bits per heavy atom. The summed E-state index contributed by atoms with van der Waals surface area (Å²) in [4.78, 5) is 7.74. The Morgan fingerprint density at radius 3 is 2.26 bits per heavy atom. The molecule has 9 heteroatoms. The molecule has 0 aromatic carbocycles. The molecule has 0 saturated carbocycles. The predicted molar refractivity (Wildman–Crippen MR) is 113 cm³/mol. The van der Waals surface area contributed by atoms with Gasteiger partial charge in [0.25, 0.3) is 10.0 Å². The molecule has 0 bridgehead atoms. The van der Waals surface area contributed by atoms with Crippen LogP contribution in [0.5, 0.6) is 0 Å². The van der Waals surface area contributed by atoms with Crippen molar-refractivity contribution in [2.45, 2.75) is 43.5 Å². The van der Waals surface area contributed by atoms with E-state index in [0.29, 0.717) is 29.8 Å². The highest BCUT2D eigenvalue weighted by Gasteiger charge is 2.27. The largest absolute Gasteiger partial charge is 0.352 e. The summed E-state index contributed by atoms with van der Waals surface area (Å²) < 4.78 is 27.5. The molecule has 148 valence electrons. The van der Waals surface area contributed by atoms with Crippen molar-refractivity contribution in [3.63, 3.8) is 0 Å². The van der Waals surface area contributed by atoms with E-state index in [1.54, 1.807) is 28.8 Å². The van der Waals surface area contributed by atoms with Crippen LogP contribution in [0.4, 0.5) is 0 Å². The van der Waals surface area contributed by atoms with Crippen molar-refractivity contribution in [2.24, 2.45) is 4.99 Å². The summed E-state index contributed by atoms with van der Waals surface area (Å²) in [7, 11) is -1.62. The van der Waals surface area contributed by atoms with Gasteiger partial charge in [-0.05, 0) is 44.0 Å². The molecule has 0 aliphatic carbocycles. The predicted octanol–water partition coefficient (Wildman–Crippen LogP) is 3.16. The van der Waals surface area contributed by atoms with E-state index in [1.165, 1.54) is 21.1 Å². The molecular formula is C18H26N4O2S3. The number of hydrogen-bond donors (Lipinski definition) is 2. The number of rotatable bonds is 6. The molecule has 1 saturated heterocycles. The number of nitrogens with one attached hydrogen (secondary N) is 2. The molecule has 6 nitrogen and oxygen atoms in total. The lowest BCUT2D eigenvalue weighted by molar-refractivity contribution is 0.347. The topological polar surface area (TPSA) is 73.8 Å². The summed E-state index contributed by atoms with van der Waals surface area (Å²) in [5.41, 5.74) is 0. The van der Waals surface area contributed by atoms with Gasteiger partial charge in [0, 0.05) is 34.8 Å². The zero-order valence-electron chi connectivity index (χ0n) is 15.7. The second-order valence-electron chi connectivity index (χ2n) is 6.48. The fourth-order valence-corrected chi connectivity index (χ4v) is 6.76. The molecule has 0 unspecified atom stereocenters. The minimum absolute atomic E-state index is 0.429. The Balaban J connectivity index is 1.55. The van der Waals surface area contributed by atoms with Crippen LogP contribution in [0.1, 0.15) is 33.9 Å². The molecule has 1 aliphatic rings. The minimum Gasteiger partial charge on any atom is -0.352 e. The highest BCUT2D eigenvalue weighted by Crippen LogP contribution is 2.27. The van der Waals surface area contributed by atoms with E-state index < -0.39 is 10.0 Å². The maximum atomic E-state index is 12.7. The summed E-state index contributed by atoms with van der Waals surface area (Å²) >= 11 is 3.09. The lowest BCUT2D eigenvalue weighted by Crippen LogP contribution is -2.36. The van der Waals surface area contributed by atoms with E-state index in [-0.39, 0.29) is 0 Å². The van der Waals surface area contributed by atoms with Crippen LogP contribution >= 0.6 is 22.7 Å². The van der Waals surface area contributed by atoms with Crippen LogP contribution in [-0.2, 0) is 23.1 Å². The lowest BCUT2D eigenvalue weighted by Gasteiger charge is -2.25.